The van der Waals surface area contributed by atoms with Crippen LogP contribution in [-0.2, 0) is 13.6 Å². The lowest BCUT2D eigenvalue weighted by Gasteiger charge is -2.06. The maximum atomic E-state index is 4.49. The van der Waals surface area contributed by atoms with Crippen LogP contribution in [0.5, 0.6) is 0 Å². The summed E-state index contributed by atoms with van der Waals surface area (Å²) in [6, 6.07) is 5.95. The largest absolute Gasteiger partial charge is 0.313 e. The zero-order valence-corrected chi connectivity index (χ0v) is 11.8. The third kappa shape index (κ3) is 2.91. The molecule has 18 heavy (non-hydrogen) atoms. The van der Waals surface area contributed by atoms with E-state index in [1.807, 2.05) is 36.1 Å². The average Bonchev–Trinajstić information content (AvgIpc) is 2.63. The molecule has 0 aliphatic carbocycles. The van der Waals surface area contributed by atoms with Gasteiger partial charge in [-0.3, -0.25) is 4.68 Å². The fourth-order valence-electron chi connectivity index (χ4n) is 1.77. The first-order valence-corrected chi connectivity index (χ1v) is 6.86. The molecule has 4 nitrogen and oxygen atoms in total. The zero-order chi connectivity index (χ0) is 13.0. The van der Waals surface area contributed by atoms with E-state index < -0.39 is 0 Å². The smallest absolute Gasteiger partial charge is 0.105 e. The quantitative estimate of drug-likeness (QED) is 0.898. The maximum absolute atomic E-state index is 4.49. The Kier molecular flexibility index (Phi) is 4.38. The average molecular weight is 262 g/mol. The van der Waals surface area contributed by atoms with Gasteiger partial charge in [-0.1, -0.05) is 24.8 Å². The molecule has 0 saturated heterocycles. The van der Waals surface area contributed by atoms with E-state index in [2.05, 4.69) is 29.2 Å². The second-order valence-corrected chi connectivity index (χ2v) is 5.05. The van der Waals surface area contributed by atoms with Crippen LogP contribution in [0.2, 0.25) is 0 Å². The molecule has 0 aliphatic heterocycles. The number of aromatic nitrogens is 3. The summed E-state index contributed by atoms with van der Waals surface area (Å²) in [5.41, 5.74) is 2.34. The Bertz CT molecular complexity index is 507. The lowest BCUT2D eigenvalue weighted by Crippen LogP contribution is -2.12. The highest BCUT2D eigenvalue weighted by atomic mass is 32.2. The molecule has 5 heteroatoms. The van der Waals surface area contributed by atoms with Crippen molar-refractivity contribution in [3.05, 3.63) is 35.7 Å². The summed E-state index contributed by atoms with van der Waals surface area (Å²) in [7, 11) is 1.98. The highest BCUT2D eigenvalue weighted by molar-refractivity contribution is 7.99. The summed E-state index contributed by atoms with van der Waals surface area (Å²) in [5, 5.41) is 10.0. The second kappa shape index (κ2) is 6.02. The van der Waals surface area contributed by atoms with Gasteiger partial charge < -0.3 is 5.32 Å². The van der Waals surface area contributed by atoms with Crippen LogP contribution >= 0.6 is 11.8 Å². The summed E-state index contributed by atoms with van der Waals surface area (Å²) in [4.78, 5) is 4.35. The molecule has 0 radical (unpaired) electrons. The van der Waals surface area contributed by atoms with Crippen LogP contribution in [0.3, 0.4) is 0 Å². The number of pyridine rings is 1. The second-order valence-electron chi connectivity index (χ2n) is 4.04. The van der Waals surface area contributed by atoms with Crippen molar-refractivity contribution >= 4 is 11.8 Å². The molecule has 0 aromatic carbocycles. The standard InChI is InChI=1S/C13H18N4S/c1-4-14-9-11-10(2)16-17(3)13(11)18-12-7-5-6-8-15-12/h5-8,14H,4,9H2,1-3H3. The summed E-state index contributed by atoms with van der Waals surface area (Å²) in [5.74, 6) is 0. The fraction of sp³-hybridized carbons (Fsp3) is 0.385. The Morgan fingerprint density at radius 1 is 1.39 bits per heavy atom. The van der Waals surface area contributed by atoms with Crippen LogP contribution in [0.1, 0.15) is 18.2 Å². The highest BCUT2D eigenvalue weighted by Crippen LogP contribution is 2.30. The van der Waals surface area contributed by atoms with E-state index in [4.69, 9.17) is 0 Å². The first kappa shape index (κ1) is 13.1. The SMILES string of the molecule is CCNCc1c(C)nn(C)c1Sc1ccccn1. The molecule has 0 atom stereocenters. The molecule has 1 N–H and O–H groups in total. The molecule has 0 unspecified atom stereocenters. The van der Waals surface area contributed by atoms with Crippen molar-refractivity contribution < 1.29 is 0 Å². The van der Waals surface area contributed by atoms with E-state index in [0.29, 0.717) is 0 Å². The van der Waals surface area contributed by atoms with Crippen molar-refractivity contribution in [1.82, 2.24) is 20.1 Å². The summed E-state index contributed by atoms with van der Waals surface area (Å²) < 4.78 is 1.93. The van der Waals surface area contributed by atoms with Gasteiger partial charge in [0.15, 0.2) is 0 Å². The third-order valence-corrected chi connectivity index (χ3v) is 3.83. The van der Waals surface area contributed by atoms with Gasteiger partial charge in [0.05, 0.1) is 5.69 Å². The van der Waals surface area contributed by atoms with Gasteiger partial charge in [-0.05, 0) is 25.6 Å². The first-order chi connectivity index (χ1) is 8.72. The molecule has 0 aliphatic rings. The predicted molar refractivity (Wildman–Crippen MR) is 73.7 cm³/mol. The highest BCUT2D eigenvalue weighted by Gasteiger charge is 2.14. The molecule has 2 aromatic rings. The van der Waals surface area contributed by atoms with E-state index in [0.717, 1.165) is 28.8 Å². The number of aryl methyl sites for hydroxylation is 2. The molecule has 0 spiro atoms. The molecular formula is C13H18N4S. The number of nitrogens with one attached hydrogen (secondary N) is 1. The minimum atomic E-state index is 0.853. The van der Waals surface area contributed by atoms with Gasteiger partial charge in [-0.2, -0.15) is 5.10 Å². The third-order valence-electron chi connectivity index (χ3n) is 2.68. The lowest BCUT2D eigenvalue weighted by atomic mass is 10.2. The number of nitrogens with zero attached hydrogens (tertiary/aromatic N) is 3. The van der Waals surface area contributed by atoms with E-state index >= 15 is 0 Å². The Balaban J connectivity index is 2.26. The van der Waals surface area contributed by atoms with E-state index in [9.17, 15) is 0 Å². The zero-order valence-electron chi connectivity index (χ0n) is 11.0. The van der Waals surface area contributed by atoms with Crippen LogP contribution in [0.15, 0.2) is 34.4 Å². The molecule has 0 saturated carbocycles. The van der Waals surface area contributed by atoms with Gasteiger partial charge in [-0.25, -0.2) is 4.98 Å². The van der Waals surface area contributed by atoms with Crippen molar-refractivity contribution in [1.29, 1.82) is 0 Å². The molecule has 0 amide bonds. The van der Waals surface area contributed by atoms with E-state index in [1.54, 1.807) is 11.8 Å². The van der Waals surface area contributed by atoms with Crippen molar-refractivity contribution in [3.8, 4) is 0 Å². The van der Waals surface area contributed by atoms with Crippen LogP contribution < -0.4 is 5.32 Å². The predicted octanol–water partition coefficient (Wildman–Crippen LogP) is 2.38. The monoisotopic (exact) mass is 262 g/mol. The van der Waals surface area contributed by atoms with Gasteiger partial charge in [0.25, 0.3) is 0 Å². The number of hydrogen-bond acceptors (Lipinski definition) is 4. The van der Waals surface area contributed by atoms with Crippen LogP contribution in [0.4, 0.5) is 0 Å². The Morgan fingerprint density at radius 3 is 2.89 bits per heavy atom. The summed E-state index contributed by atoms with van der Waals surface area (Å²) in [6.45, 7) is 5.97. The molecule has 96 valence electrons. The van der Waals surface area contributed by atoms with Crippen LogP contribution in [0.25, 0.3) is 0 Å². The van der Waals surface area contributed by atoms with Crippen LogP contribution in [-0.4, -0.2) is 21.3 Å². The molecule has 0 bridgehead atoms. The molecule has 2 rings (SSSR count). The van der Waals surface area contributed by atoms with Gasteiger partial charge in [0.1, 0.15) is 10.1 Å². The van der Waals surface area contributed by atoms with Crippen molar-refractivity contribution in [2.75, 3.05) is 6.54 Å². The Hall–Kier alpha value is -1.33. The van der Waals surface area contributed by atoms with Gasteiger partial charge in [0, 0.05) is 25.4 Å². The van der Waals surface area contributed by atoms with Crippen molar-refractivity contribution in [2.24, 2.45) is 7.05 Å². The molecule has 2 aromatic heterocycles. The summed E-state index contributed by atoms with van der Waals surface area (Å²) >= 11 is 1.66. The van der Waals surface area contributed by atoms with Crippen molar-refractivity contribution in [3.63, 3.8) is 0 Å². The van der Waals surface area contributed by atoms with E-state index in [-0.39, 0.29) is 0 Å². The summed E-state index contributed by atoms with van der Waals surface area (Å²) in [6.07, 6.45) is 1.82. The topological polar surface area (TPSA) is 42.7 Å². The fourth-order valence-corrected chi connectivity index (χ4v) is 2.74. The normalized spacial score (nSPS) is 10.8. The molecular weight excluding hydrogens is 244 g/mol. The number of rotatable bonds is 5. The molecule has 0 fully saturated rings. The van der Waals surface area contributed by atoms with E-state index in [1.165, 1.54) is 5.56 Å². The number of hydrogen-bond donors (Lipinski definition) is 1. The Labute approximate surface area is 112 Å². The van der Waals surface area contributed by atoms with Crippen molar-refractivity contribution in [2.45, 2.75) is 30.4 Å². The van der Waals surface area contributed by atoms with Crippen LogP contribution in [0, 0.1) is 6.92 Å². The Morgan fingerprint density at radius 2 is 2.22 bits per heavy atom. The maximum Gasteiger partial charge on any atom is 0.105 e. The minimum Gasteiger partial charge on any atom is -0.313 e. The lowest BCUT2D eigenvalue weighted by molar-refractivity contribution is 0.673. The van der Waals surface area contributed by atoms with Gasteiger partial charge >= 0.3 is 0 Å². The molecule has 2 heterocycles. The van der Waals surface area contributed by atoms with Gasteiger partial charge in [0.2, 0.25) is 0 Å². The first-order valence-electron chi connectivity index (χ1n) is 6.04. The minimum absolute atomic E-state index is 0.853. The van der Waals surface area contributed by atoms with Gasteiger partial charge in [-0.15, -0.1) is 0 Å².